The van der Waals surface area contributed by atoms with Gasteiger partial charge in [0.05, 0.1) is 18.0 Å². The van der Waals surface area contributed by atoms with E-state index in [9.17, 15) is 0 Å². The lowest BCUT2D eigenvalue weighted by molar-refractivity contribution is 0.0996. The molecule has 0 amide bonds. The molecule has 0 bridgehead atoms. The van der Waals surface area contributed by atoms with Crippen LogP contribution in [-0.4, -0.2) is 36.5 Å². The van der Waals surface area contributed by atoms with Crippen molar-refractivity contribution in [1.29, 1.82) is 5.41 Å². The van der Waals surface area contributed by atoms with Gasteiger partial charge in [-0.1, -0.05) is 0 Å². The molecule has 1 aliphatic heterocycles. The van der Waals surface area contributed by atoms with Gasteiger partial charge >= 0.3 is 0 Å². The predicted octanol–water partition coefficient (Wildman–Crippen LogP) is 1.09. The highest BCUT2D eigenvalue weighted by Gasteiger charge is 2.27. The highest BCUT2D eigenvalue weighted by molar-refractivity contribution is 5.76. The molecular weight excluding hydrogens is 140 g/mol. The molecule has 1 N–H and O–H groups in total. The number of ether oxygens (including phenoxy) is 1. The molecule has 1 fully saturated rings. The maximum absolute atomic E-state index is 7.43. The van der Waals surface area contributed by atoms with Gasteiger partial charge in [-0.05, 0) is 20.3 Å². The van der Waals surface area contributed by atoms with Crippen LogP contribution < -0.4 is 0 Å². The molecule has 1 saturated heterocycles. The Kier molecular flexibility index (Phi) is 2.49. The van der Waals surface area contributed by atoms with Crippen molar-refractivity contribution in [1.82, 2.24) is 4.90 Å². The summed E-state index contributed by atoms with van der Waals surface area (Å²) in [4.78, 5) is 1.98. The van der Waals surface area contributed by atoms with E-state index in [0.29, 0.717) is 11.9 Å². The lowest BCUT2D eigenvalue weighted by Crippen LogP contribution is -2.39. The summed E-state index contributed by atoms with van der Waals surface area (Å²) >= 11 is 0. The molecule has 0 aliphatic carbocycles. The average Bonchev–Trinajstić information content (AvgIpc) is 2.33. The van der Waals surface area contributed by atoms with E-state index in [0.717, 1.165) is 13.0 Å². The first-order valence-corrected chi connectivity index (χ1v) is 4.02. The Hall–Kier alpha value is -0.570. The fourth-order valence-electron chi connectivity index (χ4n) is 1.48. The number of hydrogen-bond acceptors (Lipinski definition) is 2. The number of nitrogens with zero attached hydrogens (tertiary/aromatic N) is 1. The van der Waals surface area contributed by atoms with Gasteiger partial charge in [0.25, 0.3) is 0 Å². The van der Waals surface area contributed by atoms with E-state index in [1.54, 1.807) is 0 Å². The molecule has 1 rings (SSSR count). The van der Waals surface area contributed by atoms with E-state index < -0.39 is 0 Å². The molecule has 0 aromatic heterocycles. The van der Waals surface area contributed by atoms with Crippen molar-refractivity contribution in [2.45, 2.75) is 32.4 Å². The van der Waals surface area contributed by atoms with E-state index in [-0.39, 0.29) is 6.10 Å². The van der Waals surface area contributed by atoms with Crippen LogP contribution in [0.2, 0.25) is 0 Å². The summed E-state index contributed by atoms with van der Waals surface area (Å²) in [6.07, 6.45) is 1.33. The monoisotopic (exact) mass is 156 g/mol. The molecule has 2 atom stereocenters. The number of rotatable bonds is 1. The average molecular weight is 156 g/mol. The SMILES string of the molecule is CC(=N)N(C)C1CCOC1C. The molecule has 11 heavy (non-hydrogen) atoms. The van der Waals surface area contributed by atoms with E-state index >= 15 is 0 Å². The van der Waals surface area contributed by atoms with Crippen molar-refractivity contribution in [2.75, 3.05) is 13.7 Å². The Labute approximate surface area is 67.8 Å². The van der Waals surface area contributed by atoms with Gasteiger partial charge in [0.1, 0.15) is 0 Å². The predicted molar refractivity (Wildman–Crippen MR) is 45.0 cm³/mol. The minimum Gasteiger partial charge on any atom is -0.376 e. The zero-order valence-electron chi connectivity index (χ0n) is 7.42. The van der Waals surface area contributed by atoms with Gasteiger partial charge in [-0.25, -0.2) is 0 Å². The molecule has 0 aromatic rings. The third-order valence-corrected chi connectivity index (χ3v) is 2.36. The summed E-state index contributed by atoms with van der Waals surface area (Å²) in [6.45, 7) is 4.71. The van der Waals surface area contributed by atoms with Crippen LogP contribution in [0.3, 0.4) is 0 Å². The molecule has 0 spiro atoms. The van der Waals surface area contributed by atoms with E-state index in [4.69, 9.17) is 10.1 Å². The van der Waals surface area contributed by atoms with Gasteiger partial charge in [-0.2, -0.15) is 0 Å². The van der Waals surface area contributed by atoms with Gasteiger partial charge < -0.3 is 9.64 Å². The van der Waals surface area contributed by atoms with Gasteiger partial charge in [-0.15, -0.1) is 0 Å². The highest BCUT2D eigenvalue weighted by atomic mass is 16.5. The Bertz CT molecular complexity index is 158. The maximum atomic E-state index is 7.43. The van der Waals surface area contributed by atoms with Crippen molar-refractivity contribution in [3.8, 4) is 0 Å². The summed E-state index contributed by atoms with van der Waals surface area (Å²) in [5.74, 6) is 0.618. The van der Waals surface area contributed by atoms with Gasteiger partial charge in [-0.3, -0.25) is 5.41 Å². The molecular formula is C8H16N2O. The summed E-state index contributed by atoms with van der Waals surface area (Å²) < 4.78 is 5.40. The number of amidine groups is 1. The van der Waals surface area contributed by atoms with Crippen LogP contribution in [0, 0.1) is 5.41 Å². The molecule has 1 aliphatic rings. The van der Waals surface area contributed by atoms with Crippen LogP contribution >= 0.6 is 0 Å². The minimum absolute atomic E-state index is 0.278. The fraction of sp³-hybridized carbons (Fsp3) is 0.875. The second-order valence-corrected chi connectivity index (χ2v) is 3.13. The Morgan fingerprint density at radius 2 is 2.27 bits per heavy atom. The lowest BCUT2D eigenvalue weighted by atomic mass is 10.1. The Morgan fingerprint density at radius 1 is 1.64 bits per heavy atom. The zero-order chi connectivity index (χ0) is 8.43. The smallest absolute Gasteiger partial charge is 0.0926 e. The highest BCUT2D eigenvalue weighted by Crippen LogP contribution is 2.17. The third kappa shape index (κ3) is 1.71. The molecule has 64 valence electrons. The topological polar surface area (TPSA) is 36.3 Å². The van der Waals surface area contributed by atoms with Crippen molar-refractivity contribution < 1.29 is 4.74 Å². The van der Waals surface area contributed by atoms with Crippen LogP contribution in [-0.2, 0) is 4.74 Å². The summed E-state index contributed by atoms with van der Waals surface area (Å²) in [5, 5.41) is 7.43. The standard InChI is InChI=1S/C8H16N2O/c1-6-8(4-5-11-6)10(3)7(2)9/h6,8-9H,4-5H2,1-3H3. The van der Waals surface area contributed by atoms with E-state index in [1.807, 2.05) is 18.9 Å². The Balaban J connectivity index is 2.52. The molecule has 2 unspecified atom stereocenters. The van der Waals surface area contributed by atoms with Gasteiger partial charge in [0.15, 0.2) is 0 Å². The van der Waals surface area contributed by atoms with Crippen LogP contribution in [0.15, 0.2) is 0 Å². The first kappa shape index (κ1) is 8.53. The first-order valence-electron chi connectivity index (χ1n) is 4.02. The summed E-state index contributed by atoms with van der Waals surface area (Å²) in [5.41, 5.74) is 0. The van der Waals surface area contributed by atoms with Crippen molar-refractivity contribution in [3.63, 3.8) is 0 Å². The second kappa shape index (κ2) is 3.22. The molecule has 3 heteroatoms. The van der Waals surface area contributed by atoms with Crippen LogP contribution in [0.25, 0.3) is 0 Å². The van der Waals surface area contributed by atoms with Gasteiger partial charge in [0, 0.05) is 13.7 Å². The van der Waals surface area contributed by atoms with Crippen LogP contribution in [0.5, 0.6) is 0 Å². The Morgan fingerprint density at radius 3 is 2.64 bits per heavy atom. The molecule has 3 nitrogen and oxygen atoms in total. The quantitative estimate of drug-likeness (QED) is 0.456. The normalized spacial score (nSPS) is 30.5. The van der Waals surface area contributed by atoms with Crippen molar-refractivity contribution in [3.05, 3.63) is 0 Å². The van der Waals surface area contributed by atoms with Crippen molar-refractivity contribution in [2.24, 2.45) is 0 Å². The third-order valence-electron chi connectivity index (χ3n) is 2.36. The number of likely N-dealkylation sites (N-methyl/N-ethyl adjacent to an activating group) is 1. The summed E-state index contributed by atoms with van der Waals surface area (Å²) in [6, 6.07) is 0.410. The summed E-state index contributed by atoms with van der Waals surface area (Å²) in [7, 11) is 1.96. The molecule has 1 heterocycles. The second-order valence-electron chi connectivity index (χ2n) is 3.13. The van der Waals surface area contributed by atoms with Crippen LogP contribution in [0.1, 0.15) is 20.3 Å². The minimum atomic E-state index is 0.278. The molecule has 0 saturated carbocycles. The van der Waals surface area contributed by atoms with Crippen LogP contribution in [0.4, 0.5) is 0 Å². The van der Waals surface area contributed by atoms with E-state index in [2.05, 4.69) is 6.92 Å². The number of nitrogens with one attached hydrogen (secondary N) is 1. The zero-order valence-corrected chi connectivity index (χ0v) is 7.42. The van der Waals surface area contributed by atoms with Crippen molar-refractivity contribution >= 4 is 5.84 Å². The number of hydrogen-bond donors (Lipinski definition) is 1. The maximum Gasteiger partial charge on any atom is 0.0926 e. The largest absolute Gasteiger partial charge is 0.376 e. The lowest BCUT2D eigenvalue weighted by Gasteiger charge is -2.27. The van der Waals surface area contributed by atoms with Gasteiger partial charge in [0.2, 0.25) is 0 Å². The van der Waals surface area contributed by atoms with E-state index in [1.165, 1.54) is 0 Å². The molecule has 0 aromatic carbocycles. The fourth-order valence-corrected chi connectivity index (χ4v) is 1.48. The first-order chi connectivity index (χ1) is 5.13. The molecule has 0 radical (unpaired) electrons.